The molecule has 1 aliphatic carbocycles. The molecule has 0 N–H and O–H groups in total. The summed E-state index contributed by atoms with van der Waals surface area (Å²) in [5.41, 5.74) is 0. The van der Waals surface area contributed by atoms with Crippen LogP contribution < -0.4 is 59.1 Å². The smallest absolute Gasteiger partial charge is 0.481 e. The van der Waals surface area contributed by atoms with Gasteiger partial charge in [0.2, 0.25) is 47.0 Å². The number of nitrogens with zero attached hydrogens (tertiary/aromatic N) is 4. The summed E-state index contributed by atoms with van der Waals surface area (Å²) >= 11 is 0. The molecule has 1 radical (unpaired) electrons. The van der Waals surface area contributed by atoms with Crippen molar-refractivity contribution in [1.29, 1.82) is 0 Å². The Morgan fingerprint density at radius 2 is 0.708 bits per heavy atom. The van der Waals surface area contributed by atoms with Crippen molar-refractivity contribution in [1.82, 2.24) is 19.9 Å². The molecular formula is C43H56BF4N4O10P2Rh-. The monoisotopic (exact) mass is 1040 g/mol. The van der Waals surface area contributed by atoms with Crippen molar-refractivity contribution in [2.45, 2.75) is 57.5 Å². The van der Waals surface area contributed by atoms with Crippen LogP contribution in [0.2, 0.25) is 0 Å². The Morgan fingerprint density at radius 3 is 0.908 bits per heavy atom. The molecule has 1 fully saturated rings. The third kappa shape index (κ3) is 16.5. The Balaban J connectivity index is 0.000000693. The van der Waals surface area contributed by atoms with E-state index in [1.165, 1.54) is 25.7 Å². The average Bonchev–Trinajstić information content (AvgIpc) is 3.57. The summed E-state index contributed by atoms with van der Waals surface area (Å²) in [5.74, 6) is 2.54. The molecule has 0 unspecified atom stereocenters. The molecule has 14 nitrogen and oxygen atoms in total. The molecule has 0 bridgehead atoms. The van der Waals surface area contributed by atoms with E-state index in [4.69, 9.17) is 47.4 Å². The Morgan fingerprint density at radius 1 is 0.477 bits per heavy atom. The summed E-state index contributed by atoms with van der Waals surface area (Å²) < 4.78 is 97.4. The van der Waals surface area contributed by atoms with Gasteiger partial charge in [-0.05, 0) is 79.6 Å². The number of hydrogen-bond acceptors (Lipinski definition) is 14. The van der Waals surface area contributed by atoms with Crippen LogP contribution in [0.4, 0.5) is 17.3 Å². The van der Waals surface area contributed by atoms with E-state index in [1.807, 2.05) is 62.4 Å². The Kier molecular flexibility index (Phi) is 22.6. The molecular weight excluding hydrogens is 984 g/mol. The van der Waals surface area contributed by atoms with Crippen LogP contribution in [0.15, 0.2) is 72.8 Å². The summed E-state index contributed by atoms with van der Waals surface area (Å²) in [4.78, 5) is 18.5. The van der Waals surface area contributed by atoms with Crippen LogP contribution >= 0.6 is 15.8 Å². The molecule has 0 aromatic carbocycles. The van der Waals surface area contributed by atoms with Crippen molar-refractivity contribution in [3.63, 3.8) is 0 Å². The van der Waals surface area contributed by atoms with Gasteiger partial charge in [0, 0.05) is 77.3 Å². The van der Waals surface area contributed by atoms with E-state index in [0.29, 0.717) is 59.4 Å². The van der Waals surface area contributed by atoms with Gasteiger partial charge in [0.25, 0.3) is 0 Å². The predicted octanol–water partition coefficient (Wildman–Crippen LogP) is 7.39. The second-order valence-corrected chi connectivity index (χ2v) is 18.4. The topological polar surface area (TPSA) is 144 Å². The molecule has 22 heteroatoms. The Labute approximate surface area is 393 Å². The van der Waals surface area contributed by atoms with Gasteiger partial charge in [-0.15, -0.1) is 0 Å². The van der Waals surface area contributed by atoms with Crippen LogP contribution in [0.5, 0.6) is 47.0 Å². The minimum Gasteiger partial charge on any atom is -0.481 e. The first-order chi connectivity index (χ1) is 30.6. The average molecular weight is 1040 g/mol. The van der Waals surface area contributed by atoms with E-state index in [-0.39, 0.29) is 19.5 Å². The number of methoxy groups -OCH3 is 8. The van der Waals surface area contributed by atoms with Gasteiger partial charge in [0.05, 0.1) is 69.1 Å². The van der Waals surface area contributed by atoms with Crippen LogP contribution in [-0.2, 0) is 29.0 Å². The van der Waals surface area contributed by atoms with Gasteiger partial charge in [-0.2, -0.15) is 19.9 Å². The number of pyridine rings is 4. The summed E-state index contributed by atoms with van der Waals surface area (Å²) in [7, 11) is 4.06. The zero-order valence-electron chi connectivity index (χ0n) is 38.0. The fourth-order valence-electron chi connectivity index (χ4n) is 6.63. The number of hydrogen-bond donors (Lipinski definition) is 0. The van der Waals surface area contributed by atoms with Crippen LogP contribution in [0.25, 0.3) is 0 Å². The number of rotatable bonds is 16. The van der Waals surface area contributed by atoms with Gasteiger partial charge in [-0.1, -0.05) is 24.3 Å². The van der Waals surface area contributed by atoms with Crippen molar-refractivity contribution in [3.8, 4) is 47.0 Å². The SMILES string of the molecule is C1=C\CC/C=C\CC/1.COc1ccc(P(C[C@@H]2OC(C)(C)O[C@H]2CP(c2ccc(OC)nc2OC)c2ccc(OC)nc2OC)c2ccc(OC)nc2OC)c(OC)n1.F[B-](F)(F)F.[Rh]. The zero-order valence-corrected chi connectivity index (χ0v) is 41.4. The Hall–Kier alpha value is -4.33. The van der Waals surface area contributed by atoms with E-state index in [9.17, 15) is 17.3 Å². The molecule has 0 spiro atoms. The zero-order chi connectivity index (χ0) is 46.9. The van der Waals surface area contributed by atoms with E-state index in [1.54, 1.807) is 56.9 Å². The first kappa shape index (κ1) is 55.0. The molecule has 6 rings (SSSR count). The van der Waals surface area contributed by atoms with Gasteiger partial charge in [-0.25, -0.2) is 0 Å². The van der Waals surface area contributed by atoms with E-state index >= 15 is 0 Å². The predicted molar refractivity (Wildman–Crippen MR) is 242 cm³/mol. The minimum absolute atomic E-state index is 0. The van der Waals surface area contributed by atoms with Gasteiger partial charge in [-0.3, -0.25) is 0 Å². The van der Waals surface area contributed by atoms with E-state index < -0.39 is 41.1 Å². The number of aromatic nitrogens is 4. The maximum Gasteiger partial charge on any atom is 0.673 e. The fourth-order valence-corrected chi connectivity index (χ4v) is 11.8. The largest absolute Gasteiger partial charge is 0.673 e. The summed E-state index contributed by atoms with van der Waals surface area (Å²) in [6.45, 7) is 3.83. The normalized spacial score (nSPS) is 17.4. The van der Waals surface area contributed by atoms with Gasteiger partial charge < -0.3 is 64.6 Å². The van der Waals surface area contributed by atoms with Crippen LogP contribution in [-0.4, -0.2) is 114 Å². The fraction of sp³-hybridized carbons (Fsp3) is 0.442. The van der Waals surface area contributed by atoms with Gasteiger partial charge in [0.15, 0.2) is 5.79 Å². The molecule has 0 saturated carbocycles. The first-order valence-corrected chi connectivity index (χ1v) is 23.1. The van der Waals surface area contributed by atoms with Gasteiger partial charge >= 0.3 is 7.25 Å². The summed E-state index contributed by atoms with van der Waals surface area (Å²) in [5, 5.41) is 3.43. The molecule has 2 aliphatic rings. The van der Waals surface area contributed by atoms with E-state index in [0.717, 1.165) is 21.2 Å². The molecule has 0 amide bonds. The molecule has 4 aromatic heterocycles. The molecule has 359 valence electrons. The van der Waals surface area contributed by atoms with Crippen molar-refractivity contribution < 1.29 is 84.1 Å². The second kappa shape index (κ2) is 26.7. The van der Waals surface area contributed by atoms with Crippen molar-refractivity contribution in [3.05, 3.63) is 72.8 Å². The second-order valence-electron chi connectivity index (χ2n) is 14.1. The van der Waals surface area contributed by atoms with Gasteiger partial charge in [0.1, 0.15) is 0 Å². The quantitative estimate of drug-likeness (QED) is 0.0476. The van der Waals surface area contributed by atoms with Crippen molar-refractivity contribution in [2.75, 3.05) is 69.2 Å². The summed E-state index contributed by atoms with van der Waals surface area (Å²) in [6.07, 6.45) is 14.2. The van der Waals surface area contributed by atoms with Crippen LogP contribution in [0.1, 0.15) is 39.5 Å². The third-order valence-corrected chi connectivity index (χ3v) is 14.5. The maximum atomic E-state index is 9.75. The summed E-state index contributed by atoms with van der Waals surface area (Å²) in [6, 6.07) is 15.1. The standard InChI is InChI=1S/C35H44N4O10P2.C8H12.BF4.Rh/c1-35(2)48-21(19-50(23-11-15-27(40-3)36-31(23)44-7)24-12-16-28(41-4)37-32(24)45-8)22(49-35)20-51(25-13-17-29(42-5)38-33(25)46-9)26-14-18-30(43-6)39-34(26)47-10;1-2-4-6-8-7-5-3-1;2-1(3,4)5;/h11-18,21-22H,19-20H2,1-10H3;1-2,7-8H,3-6H2;;/q;;-1;/b;2-1-,8-7-;;/t21-,22-;;;/m0.../s1. The molecule has 1 aliphatic heterocycles. The van der Waals surface area contributed by atoms with Crippen LogP contribution in [0, 0.1) is 0 Å². The molecule has 5 heterocycles. The number of ether oxygens (including phenoxy) is 10. The number of allylic oxidation sites excluding steroid dienone is 4. The number of halogens is 4. The van der Waals surface area contributed by atoms with E-state index in [2.05, 4.69) is 44.2 Å². The molecule has 4 aromatic rings. The van der Waals surface area contributed by atoms with Crippen LogP contribution in [0.3, 0.4) is 0 Å². The Bertz CT molecular complexity index is 1900. The molecule has 65 heavy (non-hydrogen) atoms. The minimum atomic E-state index is -6.00. The third-order valence-electron chi connectivity index (χ3n) is 9.38. The van der Waals surface area contributed by atoms with Crippen molar-refractivity contribution in [2.24, 2.45) is 0 Å². The molecule has 2 atom stereocenters. The molecule has 1 saturated heterocycles. The maximum absolute atomic E-state index is 9.75. The van der Waals surface area contributed by atoms with Crippen molar-refractivity contribution >= 4 is 44.3 Å². The first-order valence-electron chi connectivity index (χ1n) is 20.1.